The van der Waals surface area contributed by atoms with Crippen LogP contribution < -0.4 is 5.32 Å². The zero-order valence-electron chi connectivity index (χ0n) is 11.7. The summed E-state index contributed by atoms with van der Waals surface area (Å²) in [5.74, 6) is 0.824. The first-order chi connectivity index (χ1) is 8.79. The van der Waals surface area contributed by atoms with Crippen molar-refractivity contribution in [1.82, 2.24) is 20.4 Å². The molecular formula is C14H26N4. The summed E-state index contributed by atoms with van der Waals surface area (Å²) in [5, 5.41) is 10.5. The van der Waals surface area contributed by atoms with Crippen LogP contribution in [0.5, 0.6) is 0 Å². The molecule has 1 aliphatic heterocycles. The van der Waals surface area contributed by atoms with Crippen LogP contribution in [0.2, 0.25) is 0 Å². The molecule has 0 aliphatic carbocycles. The van der Waals surface area contributed by atoms with Crippen LogP contribution in [0.25, 0.3) is 0 Å². The number of nitrogens with zero attached hydrogens (tertiary/aromatic N) is 2. The fourth-order valence-corrected chi connectivity index (χ4v) is 2.81. The summed E-state index contributed by atoms with van der Waals surface area (Å²) in [6.45, 7) is 9.32. The van der Waals surface area contributed by atoms with Gasteiger partial charge >= 0.3 is 0 Å². The second-order valence-electron chi connectivity index (χ2n) is 5.46. The van der Waals surface area contributed by atoms with E-state index in [1.54, 1.807) is 0 Å². The second-order valence-corrected chi connectivity index (χ2v) is 5.46. The molecule has 1 fully saturated rings. The van der Waals surface area contributed by atoms with Crippen LogP contribution in [0.4, 0.5) is 0 Å². The molecule has 0 radical (unpaired) electrons. The van der Waals surface area contributed by atoms with Gasteiger partial charge in [0.15, 0.2) is 0 Å². The Balaban J connectivity index is 1.69. The quantitative estimate of drug-likeness (QED) is 0.812. The Morgan fingerprint density at radius 3 is 2.89 bits per heavy atom. The van der Waals surface area contributed by atoms with Crippen molar-refractivity contribution in [3.05, 3.63) is 18.0 Å². The number of likely N-dealkylation sites (tertiary alicyclic amines) is 1. The third kappa shape index (κ3) is 3.82. The number of aromatic nitrogens is 2. The van der Waals surface area contributed by atoms with E-state index < -0.39 is 0 Å². The summed E-state index contributed by atoms with van der Waals surface area (Å²) in [6, 6.07) is 0.601. The standard InChI is InChI=1S/C14H26N4/c1-3-6-18-7-4-14(5-8-18)12(2)15-9-13-10-16-17-11-13/h10-12,14-15H,3-9H2,1-2H3,(H,16,17). The number of nitrogens with one attached hydrogen (secondary N) is 2. The molecule has 1 aromatic heterocycles. The third-order valence-electron chi connectivity index (χ3n) is 4.06. The van der Waals surface area contributed by atoms with E-state index in [0.717, 1.165) is 12.5 Å². The van der Waals surface area contributed by atoms with Crippen LogP contribution in [-0.2, 0) is 6.54 Å². The molecule has 2 heterocycles. The maximum atomic E-state index is 3.97. The fraction of sp³-hybridized carbons (Fsp3) is 0.786. The van der Waals surface area contributed by atoms with Gasteiger partial charge in [0.2, 0.25) is 0 Å². The minimum Gasteiger partial charge on any atom is -0.310 e. The Morgan fingerprint density at radius 1 is 1.50 bits per heavy atom. The van der Waals surface area contributed by atoms with Gasteiger partial charge in [-0.2, -0.15) is 5.10 Å². The number of H-pyrrole nitrogens is 1. The molecule has 0 aromatic carbocycles. The lowest BCUT2D eigenvalue weighted by molar-refractivity contribution is 0.162. The monoisotopic (exact) mass is 250 g/mol. The van der Waals surface area contributed by atoms with Gasteiger partial charge in [-0.1, -0.05) is 6.92 Å². The van der Waals surface area contributed by atoms with Crippen molar-refractivity contribution in [3.63, 3.8) is 0 Å². The summed E-state index contributed by atoms with van der Waals surface area (Å²) in [7, 11) is 0. The molecule has 18 heavy (non-hydrogen) atoms. The van der Waals surface area contributed by atoms with Crippen molar-refractivity contribution in [2.24, 2.45) is 5.92 Å². The summed E-state index contributed by atoms with van der Waals surface area (Å²) in [6.07, 6.45) is 7.80. The molecule has 102 valence electrons. The van der Waals surface area contributed by atoms with Gasteiger partial charge in [-0.3, -0.25) is 5.10 Å². The molecule has 0 amide bonds. The molecule has 0 bridgehead atoms. The van der Waals surface area contributed by atoms with E-state index in [4.69, 9.17) is 0 Å². The van der Waals surface area contributed by atoms with Crippen molar-refractivity contribution in [3.8, 4) is 0 Å². The topological polar surface area (TPSA) is 44.0 Å². The van der Waals surface area contributed by atoms with Gasteiger partial charge in [0.25, 0.3) is 0 Å². The maximum Gasteiger partial charge on any atom is 0.0532 e. The van der Waals surface area contributed by atoms with Crippen LogP contribution in [-0.4, -0.2) is 40.8 Å². The highest BCUT2D eigenvalue weighted by Crippen LogP contribution is 2.20. The van der Waals surface area contributed by atoms with E-state index >= 15 is 0 Å². The van der Waals surface area contributed by atoms with E-state index in [9.17, 15) is 0 Å². The molecule has 2 N–H and O–H groups in total. The first-order valence-electron chi connectivity index (χ1n) is 7.23. The Hall–Kier alpha value is -0.870. The first kappa shape index (κ1) is 13.6. The van der Waals surface area contributed by atoms with Crippen LogP contribution in [0.3, 0.4) is 0 Å². The Labute approximate surface area is 110 Å². The zero-order chi connectivity index (χ0) is 12.8. The number of aromatic amines is 1. The average Bonchev–Trinajstić information content (AvgIpc) is 2.90. The van der Waals surface area contributed by atoms with Crippen molar-refractivity contribution < 1.29 is 0 Å². The molecule has 1 saturated heterocycles. The van der Waals surface area contributed by atoms with E-state index in [2.05, 4.69) is 34.3 Å². The lowest BCUT2D eigenvalue weighted by atomic mass is 9.90. The molecule has 0 saturated carbocycles. The van der Waals surface area contributed by atoms with Gasteiger partial charge in [0, 0.05) is 24.3 Å². The first-order valence-corrected chi connectivity index (χ1v) is 7.23. The molecule has 1 unspecified atom stereocenters. The van der Waals surface area contributed by atoms with E-state index in [1.165, 1.54) is 44.5 Å². The Bertz CT molecular complexity index is 315. The van der Waals surface area contributed by atoms with Gasteiger partial charge in [-0.15, -0.1) is 0 Å². The summed E-state index contributed by atoms with van der Waals surface area (Å²) in [5.41, 5.74) is 1.24. The number of piperidine rings is 1. The Kier molecular flexibility index (Phi) is 5.20. The molecule has 4 nitrogen and oxygen atoms in total. The molecule has 1 aliphatic rings. The van der Waals surface area contributed by atoms with Crippen molar-refractivity contribution in [2.75, 3.05) is 19.6 Å². The number of hydrogen-bond acceptors (Lipinski definition) is 3. The summed E-state index contributed by atoms with van der Waals surface area (Å²) < 4.78 is 0. The van der Waals surface area contributed by atoms with Gasteiger partial charge in [-0.05, 0) is 51.7 Å². The highest BCUT2D eigenvalue weighted by molar-refractivity contribution is 5.01. The summed E-state index contributed by atoms with van der Waals surface area (Å²) in [4.78, 5) is 2.60. The molecule has 1 aromatic rings. The highest BCUT2D eigenvalue weighted by Gasteiger charge is 2.22. The van der Waals surface area contributed by atoms with Gasteiger partial charge in [0.05, 0.1) is 6.20 Å². The highest BCUT2D eigenvalue weighted by atomic mass is 15.1. The summed E-state index contributed by atoms with van der Waals surface area (Å²) >= 11 is 0. The fourth-order valence-electron chi connectivity index (χ4n) is 2.81. The molecule has 1 atom stereocenters. The van der Waals surface area contributed by atoms with E-state index in [-0.39, 0.29) is 0 Å². The number of rotatable bonds is 6. The normalized spacial score (nSPS) is 20.1. The molecule has 4 heteroatoms. The van der Waals surface area contributed by atoms with Crippen LogP contribution in [0, 0.1) is 5.92 Å². The van der Waals surface area contributed by atoms with Gasteiger partial charge < -0.3 is 10.2 Å². The zero-order valence-corrected chi connectivity index (χ0v) is 11.7. The van der Waals surface area contributed by atoms with Crippen molar-refractivity contribution in [2.45, 2.75) is 45.7 Å². The molecule has 2 rings (SSSR count). The average molecular weight is 250 g/mol. The maximum absolute atomic E-state index is 3.97. The van der Waals surface area contributed by atoms with Gasteiger partial charge in [0.1, 0.15) is 0 Å². The lowest BCUT2D eigenvalue weighted by Crippen LogP contribution is -2.41. The van der Waals surface area contributed by atoms with Crippen LogP contribution in [0.15, 0.2) is 12.4 Å². The van der Waals surface area contributed by atoms with Gasteiger partial charge in [-0.25, -0.2) is 0 Å². The minimum absolute atomic E-state index is 0.601. The largest absolute Gasteiger partial charge is 0.310 e. The molecule has 0 spiro atoms. The third-order valence-corrected chi connectivity index (χ3v) is 4.06. The van der Waals surface area contributed by atoms with E-state index in [0.29, 0.717) is 6.04 Å². The minimum atomic E-state index is 0.601. The smallest absolute Gasteiger partial charge is 0.0532 e. The van der Waals surface area contributed by atoms with Crippen molar-refractivity contribution in [1.29, 1.82) is 0 Å². The molecular weight excluding hydrogens is 224 g/mol. The Morgan fingerprint density at radius 2 is 2.28 bits per heavy atom. The van der Waals surface area contributed by atoms with Crippen molar-refractivity contribution >= 4 is 0 Å². The SMILES string of the molecule is CCCN1CCC(C(C)NCc2cn[nH]c2)CC1. The van der Waals surface area contributed by atoms with Crippen LogP contribution in [0.1, 0.15) is 38.7 Å². The predicted octanol–water partition coefficient (Wildman–Crippen LogP) is 2.01. The predicted molar refractivity (Wildman–Crippen MR) is 74.3 cm³/mol. The second kappa shape index (κ2) is 6.90. The number of hydrogen-bond donors (Lipinski definition) is 2. The van der Waals surface area contributed by atoms with Crippen LogP contribution >= 0.6 is 0 Å². The van der Waals surface area contributed by atoms with E-state index in [1.807, 2.05) is 12.4 Å². The lowest BCUT2D eigenvalue weighted by Gasteiger charge is -2.35.